The number of likely N-dealkylation sites (tertiary alicyclic amines) is 2. The average molecular weight is 853 g/mol. The SMILES string of the molecule is COC[C@H]1C[C@@H](c2ncc(-c3cc4c5c(c3)OCc3cc(-c6cnc([C@@H]7CC[C@H](C)N7C(=O)C(NC(=O)OC)C(C)C)[nH]6)cc(c3-5)OC4)[nH]2)N(C(=O)C(NC(=O)OC)C(C)C)C1. The average Bonchev–Trinajstić information content (AvgIpc) is 4.09. The number of rotatable bonds is 12. The number of ether oxygens (including phenoxy) is 5. The number of alkyl carbamates (subject to hydrolysis) is 2. The number of carbonyl (C=O) groups is 4. The first kappa shape index (κ1) is 42.6. The van der Waals surface area contributed by atoms with Gasteiger partial charge >= 0.3 is 12.2 Å². The number of imidazole rings is 2. The Hall–Kier alpha value is -6.10. The maximum absolute atomic E-state index is 14.0. The second-order valence-corrected chi connectivity index (χ2v) is 17.4. The third kappa shape index (κ3) is 7.93. The summed E-state index contributed by atoms with van der Waals surface area (Å²) in [6.07, 6.45) is 4.46. The number of nitrogens with zero attached hydrogens (tertiary/aromatic N) is 4. The summed E-state index contributed by atoms with van der Waals surface area (Å²) in [5.74, 6) is 2.25. The first-order valence-electron chi connectivity index (χ1n) is 21.3. The van der Waals surface area contributed by atoms with Crippen LogP contribution in [0, 0.1) is 17.8 Å². The second kappa shape index (κ2) is 17.3. The number of methoxy groups -OCH3 is 3. The topological polar surface area (TPSA) is 202 Å². The standard InChI is InChI=1S/C45H56N8O9/c1-22(2)38(50-44(56)59-7)42(54)52-18-25(19-58-6)11-33(52)41-47-17-31(49-41)27-13-29-21-61-34-14-26(12-28-20-62-35(15-27)37(29)36(28)34)30-16-46-40(48-30)32-10-9-24(5)53(32)43(55)39(23(3)4)51-45(57)60-8/h12-17,22-25,32-33,38-39H,9-11,18-21H2,1-8H3,(H,46,48)(H,47,49)(H,50,56)(H,51,57)/t24-,25-,32-,33-,38?,39?/m0/s1. The molecule has 2 aromatic heterocycles. The Balaban J connectivity index is 1.03. The van der Waals surface area contributed by atoms with E-state index in [1.807, 2.05) is 51.7 Å². The first-order chi connectivity index (χ1) is 29.8. The van der Waals surface area contributed by atoms with Crippen LogP contribution in [-0.2, 0) is 37.0 Å². The molecule has 0 spiro atoms. The monoisotopic (exact) mass is 852 g/mol. The maximum Gasteiger partial charge on any atom is 0.407 e. The Morgan fingerprint density at radius 3 is 1.77 bits per heavy atom. The number of amides is 4. The number of hydrogen-bond donors (Lipinski definition) is 4. The molecule has 2 unspecified atom stereocenters. The van der Waals surface area contributed by atoms with Crippen molar-refractivity contribution in [1.82, 2.24) is 40.4 Å². The lowest BCUT2D eigenvalue weighted by atomic mass is 9.87. The molecule has 2 saturated heterocycles. The lowest BCUT2D eigenvalue weighted by Gasteiger charge is -2.33. The van der Waals surface area contributed by atoms with E-state index in [1.54, 1.807) is 24.4 Å². The predicted molar refractivity (Wildman–Crippen MR) is 227 cm³/mol. The van der Waals surface area contributed by atoms with Crippen molar-refractivity contribution in [2.24, 2.45) is 17.8 Å². The van der Waals surface area contributed by atoms with E-state index in [9.17, 15) is 19.2 Å². The van der Waals surface area contributed by atoms with Gasteiger partial charge in [-0.1, -0.05) is 27.7 Å². The molecule has 2 fully saturated rings. The molecule has 0 radical (unpaired) electrons. The van der Waals surface area contributed by atoms with Crippen molar-refractivity contribution in [3.05, 3.63) is 59.4 Å². The highest BCUT2D eigenvalue weighted by Gasteiger charge is 2.43. The van der Waals surface area contributed by atoms with Crippen LogP contribution in [0.15, 0.2) is 36.7 Å². The zero-order valence-corrected chi connectivity index (χ0v) is 36.5. The van der Waals surface area contributed by atoms with Crippen molar-refractivity contribution in [3.63, 3.8) is 0 Å². The Morgan fingerprint density at radius 2 is 1.27 bits per heavy atom. The molecule has 6 atom stereocenters. The van der Waals surface area contributed by atoms with Crippen LogP contribution in [0.5, 0.6) is 11.5 Å². The maximum atomic E-state index is 14.0. The molecular weight excluding hydrogens is 797 g/mol. The van der Waals surface area contributed by atoms with Crippen LogP contribution in [0.1, 0.15) is 88.7 Å². The predicted octanol–water partition coefficient (Wildman–Crippen LogP) is 6.27. The number of H-pyrrole nitrogens is 2. The minimum atomic E-state index is -0.765. The normalized spacial score (nSPS) is 20.9. The van der Waals surface area contributed by atoms with Gasteiger partial charge in [0.15, 0.2) is 0 Å². The van der Waals surface area contributed by atoms with E-state index in [1.165, 1.54) is 14.2 Å². The Morgan fingerprint density at radius 1 is 0.758 bits per heavy atom. The van der Waals surface area contributed by atoms with Gasteiger partial charge < -0.3 is 54.1 Å². The molecule has 17 heteroatoms. The van der Waals surface area contributed by atoms with Gasteiger partial charge in [-0.3, -0.25) is 9.59 Å². The lowest BCUT2D eigenvalue weighted by Crippen LogP contribution is -2.52. The van der Waals surface area contributed by atoms with Crippen molar-refractivity contribution in [2.45, 2.75) is 97.3 Å². The number of hydrogen-bond acceptors (Lipinski definition) is 11. The number of nitrogens with one attached hydrogen (secondary N) is 4. The molecule has 0 aliphatic carbocycles. The van der Waals surface area contributed by atoms with Crippen LogP contribution in [0.25, 0.3) is 33.6 Å². The molecule has 17 nitrogen and oxygen atoms in total. The summed E-state index contributed by atoms with van der Waals surface area (Å²) in [6, 6.07) is 6.06. The third-order valence-electron chi connectivity index (χ3n) is 12.6. The van der Waals surface area contributed by atoms with Crippen molar-refractivity contribution in [1.29, 1.82) is 0 Å². The molecule has 0 bridgehead atoms. The fourth-order valence-electron chi connectivity index (χ4n) is 9.44. The van der Waals surface area contributed by atoms with Gasteiger partial charge in [0.25, 0.3) is 0 Å². The lowest BCUT2D eigenvalue weighted by molar-refractivity contribution is -0.137. The molecule has 4 N–H and O–H groups in total. The van der Waals surface area contributed by atoms with Gasteiger partial charge in [-0.2, -0.15) is 0 Å². The highest BCUT2D eigenvalue weighted by molar-refractivity contribution is 5.89. The number of aromatic nitrogens is 4. The van der Waals surface area contributed by atoms with E-state index in [4.69, 9.17) is 33.7 Å². The minimum absolute atomic E-state index is 0.0337. The van der Waals surface area contributed by atoms with E-state index < -0.39 is 24.3 Å². The van der Waals surface area contributed by atoms with Crippen molar-refractivity contribution in [3.8, 4) is 45.1 Å². The summed E-state index contributed by atoms with van der Waals surface area (Å²) in [4.78, 5) is 72.4. The van der Waals surface area contributed by atoms with Crippen LogP contribution < -0.4 is 20.1 Å². The molecule has 4 amide bonds. The molecule has 8 rings (SSSR count). The second-order valence-electron chi connectivity index (χ2n) is 17.4. The zero-order chi connectivity index (χ0) is 44.0. The summed E-state index contributed by atoms with van der Waals surface area (Å²) in [5.41, 5.74) is 7.28. The number of carbonyl (C=O) groups excluding carboxylic acids is 4. The van der Waals surface area contributed by atoms with Gasteiger partial charge in [-0.05, 0) is 62.3 Å². The molecule has 62 heavy (non-hydrogen) atoms. The van der Waals surface area contributed by atoms with Crippen LogP contribution in [0.3, 0.4) is 0 Å². The summed E-state index contributed by atoms with van der Waals surface area (Å²) in [5, 5.41) is 5.44. The molecule has 2 aromatic carbocycles. The zero-order valence-electron chi connectivity index (χ0n) is 36.5. The van der Waals surface area contributed by atoms with Crippen LogP contribution in [0.4, 0.5) is 9.59 Å². The largest absolute Gasteiger partial charge is 0.488 e. The first-order valence-corrected chi connectivity index (χ1v) is 21.3. The third-order valence-corrected chi connectivity index (χ3v) is 12.6. The van der Waals surface area contributed by atoms with Crippen molar-refractivity contribution >= 4 is 24.0 Å². The Bertz CT molecular complexity index is 2310. The highest BCUT2D eigenvalue weighted by atomic mass is 16.5. The molecule has 6 heterocycles. The number of aromatic amines is 2. The van der Waals surface area contributed by atoms with E-state index in [0.29, 0.717) is 44.4 Å². The summed E-state index contributed by atoms with van der Waals surface area (Å²) in [7, 11) is 4.22. The fourth-order valence-corrected chi connectivity index (χ4v) is 9.44. The van der Waals surface area contributed by atoms with Gasteiger partial charge in [0.1, 0.15) is 48.4 Å². The van der Waals surface area contributed by atoms with Crippen molar-refractivity contribution in [2.75, 3.05) is 34.5 Å². The summed E-state index contributed by atoms with van der Waals surface area (Å²) < 4.78 is 28.0. The van der Waals surface area contributed by atoms with Gasteiger partial charge in [0, 0.05) is 59.0 Å². The molecule has 330 valence electrons. The molecule has 4 aliphatic rings. The van der Waals surface area contributed by atoms with Crippen LogP contribution >= 0.6 is 0 Å². The van der Waals surface area contributed by atoms with Crippen LogP contribution in [0.2, 0.25) is 0 Å². The van der Waals surface area contributed by atoms with E-state index in [2.05, 4.69) is 32.7 Å². The molecular formula is C45H56N8O9. The quantitative estimate of drug-likeness (QED) is 0.125. The Labute approximate surface area is 360 Å². The van der Waals surface area contributed by atoms with E-state index >= 15 is 0 Å². The smallest absolute Gasteiger partial charge is 0.407 e. The summed E-state index contributed by atoms with van der Waals surface area (Å²) >= 11 is 0. The van der Waals surface area contributed by atoms with Gasteiger partial charge in [-0.15, -0.1) is 0 Å². The van der Waals surface area contributed by atoms with Crippen LogP contribution in [-0.4, -0.2) is 106 Å². The fraction of sp³-hybridized carbons (Fsp3) is 0.511. The van der Waals surface area contributed by atoms with Gasteiger partial charge in [-0.25, -0.2) is 19.6 Å². The van der Waals surface area contributed by atoms with E-state index in [-0.39, 0.29) is 47.7 Å². The molecule has 0 saturated carbocycles. The van der Waals surface area contributed by atoms with Crippen molar-refractivity contribution < 1.29 is 42.9 Å². The van der Waals surface area contributed by atoms with Gasteiger partial charge in [0.2, 0.25) is 11.8 Å². The molecule has 4 aliphatic heterocycles. The minimum Gasteiger partial charge on any atom is -0.488 e. The number of benzene rings is 2. The summed E-state index contributed by atoms with van der Waals surface area (Å²) in [6.45, 7) is 11.2. The molecule has 4 aromatic rings. The van der Waals surface area contributed by atoms with E-state index in [0.717, 1.165) is 69.1 Å². The van der Waals surface area contributed by atoms with Gasteiger partial charge in [0.05, 0.1) is 56.7 Å². The highest BCUT2D eigenvalue weighted by Crippen LogP contribution is 2.51. The Kier molecular flexibility index (Phi) is 11.9.